The van der Waals surface area contributed by atoms with Crippen molar-refractivity contribution in [3.63, 3.8) is 0 Å². The third-order valence-corrected chi connectivity index (χ3v) is 4.36. The molecule has 4 N–H and O–H groups in total. The van der Waals surface area contributed by atoms with E-state index in [0.717, 1.165) is 24.3 Å². The highest BCUT2D eigenvalue weighted by Crippen LogP contribution is 2.11. The van der Waals surface area contributed by atoms with Crippen LogP contribution in [-0.4, -0.2) is 36.5 Å². The molecule has 2 rings (SSSR count). The topological polar surface area (TPSA) is 67.2 Å². The molecular formula is C14H21N3OS. The molecular weight excluding hydrogens is 258 g/mol. The van der Waals surface area contributed by atoms with Crippen LogP contribution in [0.15, 0.2) is 30.3 Å². The Bertz CT molecular complexity index is 393. The van der Waals surface area contributed by atoms with E-state index < -0.39 is 6.04 Å². The van der Waals surface area contributed by atoms with Gasteiger partial charge >= 0.3 is 0 Å². The summed E-state index contributed by atoms with van der Waals surface area (Å²) in [4.78, 5) is 11.9. The number of amides is 1. The van der Waals surface area contributed by atoms with Crippen molar-refractivity contribution >= 4 is 17.7 Å². The Morgan fingerprint density at radius 3 is 2.95 bits per heavy atom. The zero-order valence-corrected chi connectivity index (χ0v) is 11.8. The van der Waals surface area contributed by atoms with Crippen LogP contribution in [0.1, 0.15) is 18.0 Å². The van der Waals surface area contributed by atoms with Crippen molar-refractivity contribution in [2.45, 2.75) is 18.5 Å². The Hall–Kier alpha value is -1.04. The fourth-order valence-corrected chi connectivity index (χ4v) is 3.09. The average Bonchev–Trinajstić information content (AvgIpc) is 2.48. The lowest BCUT2D eigenvalue weighted by Gasteiger charge is -2.23. The molecule has 1 aromatic carbocycles. The van der Waals surface area contributed by atoms with Gasteiger partial charge in [-0.3, -0.25) is 4.79 Å². The third-order valence-electron chi connectivity index (χ3n) is 3.23. The van der Waals surface area contributed by atoms with Gasteiger partial charge < -0.3 is 16.4 Å². The standard InChI is InChI=1S/C14H21N3OS/c15-13(11-4-2-1-3-5-11)14(18)17-7-6-12-10-19-9-8-16-12/h1-5,12-13,16H,6-10,15H2,(H,17,18). The number of hydrogen-bond acceptors (Lipinski definition) is 4. The molecule has 4 nitrogen and oxygen atoms in total. The van der Waals surface area contributed by atoms with Crippen LogP contribution in [0.3, 0.4) is 0 Å². The fraction of sp³-hybridized carbons (Fsp3) is 0.500. The second-order valence-electron chi connectivity index (χ2n) is 4.69. The lowest BCUT2D eigenvalue weighted by Crippen LogP contribution is -2.41. The Morgan fingerprint density at radius 1 is 1.47 bits per heavy atom. The summed E-state index contributed by atoms with van der Waals surface area (Å²) in [5.74, 6) is 2.21. The number of nitrogens with one attached hydrogen (secondary N) is 2. The summed E-state index contributed by atoms with van der Waals surface area (Å²) in [6.45, 7) is 1.74. The molecule has 1 aliphatic heterocycles. The van der Waals surface area contributed by atoms with E-state index in [1.165, 1.54) is 5.75 Å². The van der Waals surface area contributed by atoms with Gasteiger partial charge in [-0.25, -0.2) is 0 Å². The number of hydrogen-bond donors (Lipinski definition) is 3. The van der Waals surface area contributed by atoms with E-state index in [-0.39, 0.29) is 5.91 Å². The summed E-state index contributed by atoms with van der Waals surface area (Å²) in [5, 5.41) is 6.37. The quantitative estimate of drug-likeness (QED) is 0.749. The number of nitrogens with two attached hydrogens (primary N) is 1. The van der Waals surface area contributed by atoms with Crippen molar-refractivity contribution in [1.29, 1.82) is 0 Å². The van der Waals surface area contributed by atoms with Gasteiger partial charge in [0.15, 0.2) is 0 Å². The maximum Gasteiger partial charge on any atom is 0.241 e. The van der Waals surface area contributed by atoms with Crippen LogP contribution in [-0.2, 0) is 4.79 Å². The van der Waals surface area contributed by atoms with Crippen LogP contribution in [0.4, 0.5) is 0 Å². The van der Waals surface area contributed by atoms with E-state index >= 15 is 0 Å². The first kappa shape index (κ1) is 14.4. The summed E-state index contributed by atoms with van der Waals surface area (Å²) >= 11 is 1.97. The molecule has 0 radical (unpaired) electrons. The van der Waals surface area contributed by atoms with Gasteiger partial charge in [0.05, 0.1) is 0 Å². The van der Waals surface area contributed by atoms with E-state index in [0.29, 0.717) is 12.6 Å². The number of benzene rings is 1. The molecule has 19 heavy (non-hydrogen) atoms. The number of carbonyl (C=O) groups is 1. The van der Waals surface area contributed by atoms with Crippen molar-refractivity contribution in [2.75, 3.05) is 24.6 Å². The molecule has 104 valence electrons. The molecule has 1 amide bonds. The smallest absolute Gasteiger partial charge is 0.241 e. The first-order valence-corrected chi connectivity index (χ1v) is 7.82. The van der Waals surface area contributed by atoms with Crippen molar-refractivity contribution in [2.24, 2.45) is 5.73 Å². The van der Waals surface area contributed by atoms with Gasteiger partial charge in [0.25, 0.3) is 0 Å². The highest BCUT2D eigenvalue weighted by atomic mass is 32.2. The lowest BCUT2D eigenvalue weighted by molar-refractivity contribution is -0.122. The van der Waals surface area contributed by atoms with Crippen molar-refractivity contribution in [1.82, 2.24) is 10.6 Å². The van der Waals surface area contributed by atoms with Gasteiger partial charge in [0.2, 0.25) is 5.91 Å². The van der Waals surface area contributed by atoms with Gasteiger partial charge in [0.1, 0.15) is 6.04 Å². The zero-order chi connectivity index (χ0) is 13.5. The van der Waals surface area contributed by atoms with Crippen LogP contribution in [0.5, 0.6) is 0 Å². The highest BCUT2D eigenvalue weighted by molar-refractivity contribution is 7.99. The van der Waals surface area contributed by atoms with Gasteiger partial charge in [-0.05, 0) is 12.0 Å². The van der Waals surface area contributed by atoms with Crippen LogP contribution in [0.25, 0.3) is 0 Å². The largest absolute Gasteiger partial charge is 0.354 e. The van der Waals surface area contributed by atoms with Gasteiger partial charge in [-0.2, -0.15) is 11.8 Å². The molecule has 2 atom stereocenters. The molecule has 1 fully saturated rings. The lowest BCUT2D eigenvalue weighted by atomic mass is 10.1. The zero-order valence-electron chi connectivity index (χ0n) is 11.0. The second-order valence-corrected chi connectivity index (χ2v) is 5.84. The number of rotatable bonds is 5. The molecule has 0 aromatic heterocycles. The Labute approximate surface area is 118 Å². The predicted molar refractivity (Wildman–Crippen MR) is 80.1 cm³/mol. The van der Waals surface area contributed by atoms with E-state index in [1.54, 1.807) is 0 Å². The summed E-state index contributed by atoms with van der Waals surface area (Å²) in [7, 11) is 0. The third kappa shape index (κ3) is 4.53. The Morgan fingerprint density at radius 2 is 2.26 bits per heavy atom. The summed E-state index contributed by atoms with van der Waals surface area (Å²) < 4.78 is 0. The minimum atomic E-state index is -0.574. The van der Waals surface area contributed by atoms with E-state index in [4.69, 9.17) is 5.73 Å². The maximum absolute atomic E-state index is 11.9. The van der Waals surface area contributed by atoms with Gasteiger partial charge in [-0.15, -0.1) is 0 Å². The number of carbonyl (C=O) groups excluding carboxylic acids is 1. The molecule has 0 aliphatic carbocycles. The summed E-state index contributed by atoms with van der Waals surface area (Å²) in [6.07, 6.45) is 0.959. The van der Waals surface area contributed by atoms with Gasteiger partial charge in [0, 0.05) is 30.6 Å². The predicted octanol–water partition coefficient (Wildman–Crippen LogP) is 0.898. The molecule has 1 aromatic rings. The molecule has 1 saturated heterocycles. The van der Waals surface area contributed by atoms with Crippen molar-refractivity contribution in [3.8, 4) is 0 Å². The van der Waals surface area contributed by atoms with E-state index in [2.05, 4.69) is 10.6 Å². The molecule has 0 saturated carbocycles. The molecule has 1 aliphatic rings. The number of thioether (sulfide) groups is 1. The minimum Gasteiger partial charge on any atom is -0.354 e. The fourth-order valence-electron chi connectivity index (χ4n) is 2.10. The van der Waals surface area contributed by atoms with Crippen LogP contribution < -0.4 is 16.4 Å². The van der Waals surface area contributed by atoms with E-state index in [9.17, 15) is 4.79 Å². The monoisotopic (exact) mass is 279 g/mol. The van der Waals surface area contributed by atoms with E-state index in [1.807, 2.05) is 42.1 Å². The SMILES string of the molecule is NC(C(=O)NCCC1CSCCN1)c1ccccc1. The first-order valence-electron chi connectivity index (χ1n) is 6.67. The van der Waals surface area contributed by atoms with Crippen LogP contribution >= 0.6 is 11.8 Å². The maximum atomic E-state index is 11.9. The van der Waals surface area contributed by atoms with Crippen LogP contribution in [0.2, 0.25) is 0 Å². The van der Waals surface area contributed by atoms with Crippen molar-refractivity contribution < 1.29 is 4.79 Å². The molecule has 2 unspecified atom stereocenters. The molecule has 1 heterocycles. The van der Waals surface area contributed by atoms with Crippen LogP contribution in [0, 0.1) is 0 Å². The highest BCUT2D eigenvalue weighted by Gasteiger charge is 2.16. The molecule has 0 bridgehead atoms. The minimum absolute atomic E-state index is 0.102. The van der Waals surface area contributed by atoms with Crippen molar-refractivity contribution in [3.05, 3.63) is 35.9 Å². The summed E-state index contributed by atoms with van der Waals surface area (Å²) in [6, 6.07) is 9.40. The van der Waals surface area contributed by atoms with Gasteiger partial charge in [-0.1, -0.05) is 30.3 Å². The normalized spacial score (nSPS) is 20.8. The molecule has 0 spiro atoms. The Kier molecular flexibility index (Phi) is 5.69. The molecule has 5 heteroatoms. The first-order chi connectivity index (χ1) is 9.27. The summed E-state index contributed by atoms with van der Waals surface area (Å²) in [5.41, 5.74) is 6.78. The Balaban J connectivity index is 1.72. The second kappa shape index (κ2) is 7.53. The average molecular weight is 279 g/mol.